The number of hydrogen-bond acceptors (Lipinski definition) is 6. The van der Waals surface area contributed by atoms with Crippen LogP contribution in [0.3, 0.4) is 0 Å². The zero-order chi connectivity index (χ0) is 14.1. The minimum absolute atomic E-state index is 0.139. The predicted octanol–water partition coefficient (Wildman–Crippen LogP) is 2.28. The Kier molecular flexibility index (Phi) is 3.28. The Balaban J connectivity index is 1.72. The molecule has 2 heterocycles. The molecule has 0 radical (unpaired) electrons. The lowest BCUT2D eigenvalue weighted by molar-refractivity contribution is 0.229. The Hall–Kier alpha value is -2.14. The van der Waals surface area contributed by atoms with Crippen molar-refractivity contribution in [1.29, 1.82) is 5.26 Å². The molecule has 1 aliphatic rings. The van der Waals surface area contributed by atoms with Gasteiger partial charge < -0.3 is 10.5 Å². The predicted molar refractivity (Wildman–Crippen MR) is 73.8 cm³/mol. The van der Waals surface area contributed by atoms with E-state index in [1.807, 2.05) is 4.68 Å². The second-order valence-electron chi connectivity index (χ2n) is 4.59. The Morgan fingerprint density at radius 2 is 2.25 bits per heavy atom. The van der Waals surface area contributed by atoms with Crippen molar-refractivity contribution in [3.05, 3.63) is 23.2 Å². The summed E-state index contributed by atoms with van der Waals surface area (Å²) < 4.78 is 7.92. The molecule has 1 aliphatic carbocycles. The SMILES string of the molecule is N#CC1CC(n2cc(Oc3nc(Br)cnc3N)cn2)C1. The van der Waals surface area contributed by atoms with Gasteiger partial charge in [-0.05, 0) is 28.8 Å². The Labute approximate surface area is 123 Å². The average molecular weight is 335 g/mol. The Bertz CT molecular complexity index is 673. The maximum absolute atomic E-state index is 8.77. The lowest BCUT2D eigenvalue weighted by atomic mass is 9.81. The molecule has 0 saturated heterocycles. The fourth-order valence-electron chi connectivity index (χ4n) is 2.03. The summed E-state index contributed by atoms with van der Waals surface area (Å²) in [5, 5.41) is 13.0. The standard InChI is InChI=1S/C12H11BrN6O/c13-10-5-16-11(15)12(18-10)20-9-4-17-19(6-9)8-1-7(2-8)3-14/h4-8H,1-2H2,(H2,15,16). The molecule has 3 rings (SSSR count). The van der Waals surface area contributed by atoms with Crippen LogP contribution in [-0.2, 0) is 0 Å². The minimum Gasteiger partial charge on any atom is -0.433 e. The first kappa shape index (κ1) is 12.9. The van der Waals surface area contributed by atoms with E-state index in [1.165, 1.54) is 6.20 Å². The topological polar surface area (TPSA) is 103 Å². The van der Waals surface area contributed by atoms with Gasteiger partial charge in [0.15, 0.2) is 11.6 Å². The fourth-order valence-corrected chi connectivity index (χ4v) is 2.29. The average Bonchev–Trinajstić information content (AvgIpc) is 2.81. The maximum atomic E-state index is 8.77. The van der Waals surface area contributed by atoms with E-state index in [1.54, 1.807) is 12.4 Å². The molecule has 20 heavy (non-hydrogen) atoms. The van der Waals surface area contributed by atoms with Crippen LogP contribution in [0.2, 0.25) is 0 Å². The van der Waals surface area contributed by atoms with E-state index in [4.69, 9.17) is 15.7 Å². The van der Waals surface area contributed by atoms with Gasteiger partial charge in [-0.25, -0.2) is 9.97 Å². The third kappa shape index (κ3) is 2.44. The van der Waals surface area contributed by atoms with E-state index in [-0.39, 0.29) is 23.7 Å². The first-order chi connectivity index (χ1) is 9.65. The highest BCUT2D eigenvalue weighted by Gasteiger charge is 2.31. The Morgan fingerprint density at radius 1 is 1.45 bits per heavy atom. The second-order valence-corrected chi connectivity index (χ2v) is 5.40. The molecule has 8 heteroatoms. The van der Waals surface area contributed by atoms with Crippen molar-refractivity contribution in [3.63, 3.8) is 0 Å². The van der Waals surface area contributed by atoms with Crippen molar-refractivity contribution in [2.45, 2.75) is 18.9 Å². The molecular weight excluding hydrogens is 324 g/mol. The molecular formula is C12H11BrN6O. The number of nitrogens with two attached hydrogens (primary N) is 1. The lowest BCUT2D eigenvalue weighted by Gasteiger charge is -2.30. The van der Waals surface area contributed by atoms with E-state index in [9.17, 15) is 0 Å². The minimum atomic E-state index is 0.139. The number of rotatable bonds is 3. The van der Waals surface area contributed by atoms with E-state index < -0.39 is 0 Å². The van der Waals surface area contributed by atoms with Crippen LogP contribution in [0.25, 0.3) is 0 Å². The number of ether oxygens (including phenoxy) is 1. The lowest BCUT2D eigenvalue weighted by Crippen LogP contribution is -2.25. The van der Waals surface area contributed by atoms with Gasteiger partial charge in [0.25, 0.3) is 5.88 Å². The summed E-state index contributed by atoms with van der Waals surface area (Å²) in [7, 11) is 0. The summed E-state index contributed by atoms with van der Waals surface area (Å²) in [6.45, 7) is 0. The summed E-state index contributed by atoms with van der Waals surface area (Å²) in [5.74, 6) is 1.14. The van der Waals surface area contributed by atoms with Gasteiger partial charge >= 0.3 is 0 Å². The van der Waals surface area contributed by atoms with Crippen molar-refractivity contribution < 1.29 is 4.74 Å². The van der Waals surface area contributed by atoms with Crippen molar-refractivity contribution in [2.75, 3.05) is 5.73 Å². The van der Waals surface area contributed by atoms with Crippen LogP contribution in [0, 0.1) is 17.2 Å². The highest BCUT2D eigenvalue weighted by molar-refractivity contribution is 9.10. The van der Waals surface area contributed by atoms with Gasteiger partial charge in [0.2, 0.25) is 0 Å². The first-order valence-corrected chi connectivity index (χ1v) is 6.84. The molecule has 1 saturated carbocycles. The first-order valence-electron chi connectivity index (χ1n) is 6.05. The van der Waals surface area contributed by atoms with Crippen molar-refractivity contribution in [1.82, 2.24) is 19.7 Å². The van der Waals surface area contributed by atoms with Crippen molar-refractivity contribution in [3.8, 4) is 17.7 Å². The van der Waals surface area contributed by atoms with Gasteiger partial charge in [-0.3, -0.25) is 4.68 Å². The fraction of sp³-hybridized carbons (Fsp3) is 0.333. The van der Waals surface area contributed by atoms with Gasteiger partial charge in [0.1, 0.15) is 4.60 Å². The zero-order valence-electron chi connectivity index (χ0n) is 10.4. The third-order valence-corrected chi connectivity index (χ3v) is 3.58. The molecule has 2 aromatic rings. The van der Waals surface area contributed by atoms with Crippen LogP contribution in [0.1, 0.15) is 18.9 Å². The normalized spacial score (nSPS) is 21.0. The summed E-state index contributed by atoms with van der Waals surface area (Å²) in [6, 6.07) is 2.52. The number of anilines is 1. The van der Waals surface area contributed by atoms with Crippen molar-refractivity contribution >= 4 is 21.7 Å². The molecule has 0 aliphatic heterocycles. The van der Waals surface area contributed by atoms with Crippen LogP contribution >= 0.6 is 15.9 Å². The van der Waals surface area contributed by atoms with Gasteiger partial charge in [-0.2, -0.15) is 10.4 Å². The molecule has 0 atom stereocenters. The van der Waals surface area contributed by atoms with Gasteiger partial charge in [-0.15, -0.1) is 0 Å². The van der Waals surface area contributed by atoms with E-state index in [2.05, 4.69) is 37.1 Å². The van der Waals surface area contributed by atoms with E-state index in [0.29, 0.717) is 10.4 Å². The molecule has 102 valence electrons. The van der Waals surface area contributed by atoms with Crippen molar-refractivity contribution in [2.24, 2.45) is 5.92 Å². The van der Waals surface area contributed by atoms with Gasteiger partial charge in [-0.1, -0.05) is 0 Å². The summed E-state index contributed by atoms with van der Waals surface area (Å²) in [6.07, 6.45) is 6.54. The number of halogens is 1. The molecule has 0 aromatic carbocycles. The third-order valence-electron chi connectivity index (χ3n) is 3.20. The molecule has 2 aromatic heterocycles. The summed E-state index contributed by atoms with van der Waals surface area (Å²) >= 11 is 3.21. The highest BCUT2D eigenvalue weighted by atomic mass is 79.9. The van der Waals surface area contributed by atoms with E-state index in [0.717, 1.165) is 12.8 Å². The molecule has 2 N–H and O–H groups in total. The second kappa shape index (κ2) is 5.09. The summed E-state index contributed by atoms with van der Waals surface area (Å²) in [4.78, 5) is 8.05. The molecule has 0 spiro atoms. The monoisotopic (exact) mass is 334 g/mol. The van der Waals surface area contributed by atoms with Crippen LogP contribution in [0.15, 0.2) is 23.2 Å². The number of nitrogens with zero attached hydrogens (tertiary/aromatic N) is 5. The largest absolute Gasteiger partial charge is 0.433 e. The Morgan fingerprint density at radius 3 is 3.00 bits per heavy atom. The van der Waals surface area contributed by atoms with Gasteiger partial charge in [0.05, 0.1) is 36.6 Å². The maximum Gasteiger partial charge on any atom is 0.263 e. The molecule has 0 unspecified atom stereocenters. The number of nitrogen functional groups attached to an aromatic ring is 1. The molecule has 0 bridgehead atoms. The number of nitriles is 1. The molecule has 0 amide bonds. The zero-order valence-corrected chi connectivity index (χ0v) is 12.0. The quantitative estimate of drug-likeness (QED) is 0.923. The molecule has 1 fully saturated rings. The van der Waals surface area contributed by atoms with E-state index >= 15 is 0 Å². The van der Waals surface area contributed by atoms with Crippen LogP contribution < -0.4 is 10.5 Å². The smallest absolute Gasteiger partial charge is 0.263 e. The highest BCUT2D eigenvalue weighted by Crippen LogP contribution is 2.37. The summed E-state index contributed by atoms with van der Waals surface area (Å²) in [5.41, 5.74) is 5.69. The van der Waals surface area contributed by atoms with Crippen LogP contribution in [0.5, 0.6) is 11.6 Å². The van der Waals surface area contributed by atoms with Gasteiger partial charge in [0, 0.05) is 0 Å². The number of aromatic nitrogens is 4. The van der Waals surface area contributed by atoms with Crippen LogP contribution in [-0.4, -0.2) is 19.7 Å². The molecule has 7 nitrogen and oxygen atoms in total. The van der Waals surface area contributed by atoms with Crippen LogP contribution in [0.4, 0.5) is 5.82 Å². The number of hydrogen-bond donors (Lipinski definition) is 1.